The minimum atomic E-state index is -0.749. The van der Waals surface area contributed by atoms with Crippen LogP contribution in [-0.2, 0) is 11.3 Å². The van der Waals surface area contributed by atoms with Crippen LogP contribution < -0.4 is 0 Å². The molecule has 6 heteroatoms. The Morgan fingerprint density at radius 1 is 1.38 bits per heavy atom. The molecule has 0 aliphatic carbocycles. The number of halogens is 1. The number of carbonyl (C=O) groups is 2. The van der Waals surface area contributed by atoms with E-state index in [9.17, 15) is 14.7 Å². The lowest BCUT2D eigenvalue weighted by Crippen LogP contribution is -2.48. The molecule has 2 atom stereocenters. The minimum absolute atomic E-state index is 0.236. The summed E-state index contributed by atoms with van der Waals surface area (Å²) >= 11 is 3.45. The standard InChI is InChI=1S/C15H17BrN2O3/c1-9-4-5-11(16)10(7-9)8-18-14(20)13-12(19)3-2-6-17(13)15(18)21/h4-5,7,12-13,19H,2-3,6,8H2,1H3. The van der Waals surface area contributed by atoms with Gasteiger partial charge < -0.3 is 10.0 Å². The van der Waals surface area contributed by atoms with Crippen molar-refractivity contribution in [3.8, 4) is 0 Å². The van der Waals surface area contributed by atoms with Crippen molar-refractivity contribution >= 4 is 27.9 Å². The third-order valence-corrected chi connectivity index (χ3v) is 4.90. The molecule has 0 saturated carbocycles. The summed E-state index contributed by atoms with van der Waals surface area (Å²) in [6.07, 6.45) is 0.557. The number of hydrogen-bond acceptors (Lipinski definition) is 3. The Labute approximate surface area is 131 Å². The summed E-state index contributed by atoms with van der Waals surface area (Å²) in [7, 11) is 0. The first kappa shape index (κ1) is 14.5. The van der Waals surface area contributed by atoms with Crippen LogP contribution in [0.25, 0.3) is 0 Å². The van der Waals surface area contributed by atoms with Gasteiger partial charge in [-0.2, -0.15) is 0 Å². The topological polar surface area (TPSA) is 60.9 Å². The van der Waals surface area contributed by atoms with Gasteiger partial charge in [-0.25, -0.2) is 4.79 Å². The fraction of sp³-hybridized carbons (Fsp3) is 0.467. The van der Waals surface area contributed by atoms with E-state index in [-0.39, 0.29) is 18.5 Å². The molecule has 0 spiro atoms. The molecular weight excluding hydrogens is 336 g/mol. The van der Waals surface area contributed by atoms with E-state index in [1.807, 2.05) is 25.1 Å². The Kier molecular flexibility index (Phi) is 3.75. The highest BCUT2D eigenvalue weighted by Crippen LogP contribution is 2.29. The van der Waals surface area contributed by atoms with Crippen LogP contribution in [0.1, 0.15) is 24.0 Å². The highest BCUT2D eigenvalue weighted by Gasteiger charge is 2.49. The van der Waals surface area contributed by atoms with Crippen LogP contribution in [0.2, 0.25) is 0 Å². The molecular formula is C15H17BrN2O3. The largest absolute Gasteiger partial charge is 0.390 e. The van der Waals surface area contributed by atoms with Gasteiger partial charge in [-0.05, 0) is 31.4 Å². The number of imide groups is 1. The van der Waals surface area contributed by atoms with E-state index < -0.39 is 12.1 Å². The van der Waals surface area contributed by atoms with Gasteiger partial charge in [-0.1, -0.05) is 33.6 Å². The van der Waals surface area contributed by atoms with Crippen LogP contribution in [0, 0.1) is 6.92 Å². The SMILES string of the molecule is Cc1ccc(Br)c(CN2C(=O)C3C(O)CCCN3C2=O)c1. The molecule has 1 aromatic carbocycles. The number of urea groups is 1. The molecule has 2 unspecified atom stereocenters. The number of aliphatic hydroxyl groups is 1. The van der Waals surface area contributed by atoms with Gasteiger partial charge >= 0.3 is 6.03 Å². The number of benzene rings is 1. The molecule has 2 heterocycles. The molecule has 2 fully saturated rings. The summed E-state index contributed by atoms with van der Waals surface area (Å²) in [5, 5.41) is 10.00. The lowest BCUT2D eigenvalue weighted by molar-refractivity contribution is -0.132. The van der Waals surface area contributed by atoms with Gasteiger partial charge in [0.2, 0.25) is 0 Å². The number of aliphatic hydroxyl groups excluding tert-OH is 1. The molecule has 2 aliphatic heterocycles. The first-order valence-corrected chi connectivity index (χ1v) is 7.83. The Morgan fingerprint density at radius 2 is 2.14 bits per heavy atom. The number of nitrogens with zero attached hydrogens (tertiary/aromatic N) is 2. The van der Waals surface area contributed by atoms with Gasteiger partial charge in [0, 0.05) is 11.0 Å². The molecule has 0 radical (unpaired) electrons. The second-order valence-electron chi connectivity index (χ2n) is 5.65. The van der Waals surface area contributed by atoms with Crippen molar-refractivity contribution in [3.05, 3.63) is 33.8 Å². The van der Waals surface area contributed by atoms with E-state index in [0.717, 1.165) is 22.0 Å². The Bertz CT molecular complexity index is 605. The third kappa shape index (κ3) is 2.46. The molecule has 112 valence electrons. The second-order valence-corrected chi connectivity index (χ2v) is 6.50. The van der Waals surface area contributed by atoms with Crippen LogP contribution in [0.4, 0.5) is 4.79 Å². The number of carbonyl (C=O) groups excluding carboxylic acids is 2. The van der Waals surface area contributed by atoms with Crippen molar-refractivity contribution in [1.82, 2.24) is 9.80 Å². The Balaban J connectivity index is 1.87. The van der Waals surface area contributed by atoms with Crippen molar-refractivity contribution in [2.45, 2.75) is 38.5 Å². The maximum atomic E-state index is 12.4. The monoisotopic (exact) mass is 352 g/mol. The zero-order valence-corrected chi connectivity index (χ0v) is 13.3. The van der Waals surface area contributed by atoms with E-state index >= 15 is 0 Å². The number of fused-ring (bicyclic) bond motifs is 1. The van der Waals surface area contributed by atoms with Gasteiger partial charge in [-0.15, -0.1) is 0 Å². The maximum Gasteiger partial charge on any atom is 0.327 e. The van der Waals surface area contributed by atoms with Crippen molar-refractivity contribution < 1.29 is 14.7 Å². The lowest BCUT2D eigenvalue weighted by Gasteiger charge is -2.30. The van der Waals surface area contributed by atoms with Crippen LogP contribution in [0.3, 0.4) is 0 Å². The van der Waals surface area contributed by atoms with Crippen LogP contribution in [0.15, 0.2) is 22.7 Å². The van der Waals surface area contributed by atoms with Gasteiger partial charge in [-0.3, -0.25) is 9.69 Å². The minimum Gasteiger partial charge on any atom is -0.390 e. The summed E-state index contributed by atoms with van der Waals surface area (Å²) < 4.78 is 0.874. The first-order valence-electron chi connectivity index (χ1n) is 7.04. The molecule has 0 aromatic heterocycles. The third-order valence-electron chi connectivity index (χ3n) is 4.12. The van der Waals surface area contributed by atoms with E-state index in [2.05, 4.69) is 15.9 Å². The molecule has 1 aromatic rings. The van der Waals surface area contributed by atoms with Crippen molar-refractivity contribution in [2.75, 3.05) is 6.54 Å². The van der Waals surface area contributed by atoms with Gasteiger partial charge in [0.05, 0.1) is 12.6 Å². The molecule has 0 bridgehead atoms. The van der Waals surface area contributed by atoms with E-state index in [0.29, 0.717) is 13.0 Å². The van der Waals surface area contributed by atoms with Crippen LogP contribution in [-0.4, -0.2) is 45.5 Å². The highest BCUT2D eigenvalue weighted by atomic mass is 79.9. The maximum absolute atomic E-state index is 12.4. The quantitative estimate of drug-likeness (QED) is 0.828. The summed E-state index contributed by atoms with van der Waals surface area (Å²) in [5.41, 5.74) is 1.97. The molecule has 3 rings (SSSR count). The summed E-state index contributed by atoms with van der Waals surface area (Å²) in [6, 6.07) is 4.84. The summed E-state index contributed by atoms with van der Waals surface area (Å²) in [6.45, 7) is 2.74. The average molecular weight is 353 g/mol. The molecule has 5 nitrogen and oxygen atoms in total. The second kappa shape index (κ2) is 5.42. The number of aryl methyl sites for hydroxylation is 1. The highest BCUT2D eigenvalue weighted by molar-refractivity contribution is 9.10. The predicted molar refractivity (Wildman–Crippen MR) is 80.6 cm³/mol. The molecule has 21 heavy (non-hydrogen) atoms. The summed E-state index contributed by atoms with van der Waals surface area (Å²) in [5.74, 6) is -0.291. The van der Waals surface area contributed by atoms with E-state index in [4.69, 9.17) is 0 Å². The number of piperidine rings is 1. The van der Waals surface area contributed by atoms with Crippen LogP contribution >= 0.6 is 15.9 Å². The molecule has 3 amide bonds. The van der Waals surface area contributed by atoms with Crippen molar-refractivity contribution in [3.63, 3.8) is 0 Å². The first-order chi connectivity index (χ1) is 9.99. The van der Waals surface area contributed by atoms with Gasteiger partial charge in [0.15, 0.2) is 0 Å². The van der Waals surface area contributed by atoms with Gasteiger partial charge in [0.1, 0.15) is 6.04 Å². The fourth-order valence-corrected chi connectivity index (χ4v) is 3.41. The Morgan fingerprint density at radius 3 is 2.86 bits per heavy atom. The zero-order valence-electron chi connectivity index (χ0n) is 11.8. The fourth-order valence-electron chi connectivity index (χ4n) is 3.04. The molecule has 1 N–H and O–H groups in total. The zero-order chi connectivity index (χ0) is 15.1. The van der Waals surface area contributed by atoms with Crippen molar-refractivity contribution in [1.29, 1.82) is 0 Å². The summed E-state index contributed by atoms with van der Waals surface area (Å²) in [4.78, 5) is 27.6. The van der Waals surface area contributed by atoms with Crippen molar-refractivity contribution in [2.24, 2.45) is 0 Å². The number of amides is 3. The molecule has 2 aliphatic rings. The lowest BCUT2D eigenvalue weighted by atomic mass is 10.00. The van der Waals surface area contributed by atoms with E-state index in [1.54, 1.807) is 0 Å². The smallest absolute Gasteiger partial charge is 0.327 e. The normalized spacial score (nSPS) is 25.5. The Hall–Kier alpha value is -1.40. The number of hydrogen-bond donors (Lipinski definition) is 1. The predicted octanol–water partition coefficient (Wildman–Crippen LogP) is 2.05. The van der Waals surface area contributed by atoms with Gasteiger partial charge in [0.25, 0.3) is 5.91 Å². The number of rotatable bonds is 2. The molecule has 2 saturated heterocycles. The van der Waals surface area contributed by atoms with Crippen LogP contribution in [0.5, 0.6) is 0 Å². The van der Waals surface area contributed by atoms with E-state index in [1.165, 1.54) is 9.80 Å². The average Bonchev–Trinajstić information content (AvgIpc) is 2.69.